The van der Waals surface area contributed by atoms with Gasteiger partial charge in [0.15, 0.2) is 28.7 Å². The Bertz CT molecular complexity index is 1270. The molecule has 0 spiro atoms. The number of ether oxygens (including phenoxy) is 2. The van der Waals surface area contributed by atoms with Crippen molar-refractivity contribution in [1.82, 2.24) is 20.1 Å². The number of carbonyl (C=O) groups excluding carboxylic acids is 1. The van der Waals surface area contributed by atoms with Gasteiger partial charge in [0.25, 0.3) is 0 Å². The molecule has 1 atom stereocenters. The van der Waals surface area contributed by atoms with Crippen molar-refractivity contribution >= 4 is 17.7 Å². The lowest BCUT2D eigenvalue weighted by atomic mass is 10.2. The van der Waals surface area contributed by atoms with Gasteiger partial charge in [0, 0.05) is 12.2 Å². The van der Waals surface area contributed by atoms with Crippen LogP contribution in [0, 0.1) is 5.82 Å². The van der Waals surface area contributed by atoms with Crippen molar-refractivity contribution in [3.05, 3.63) is 96.1 Å². The summed E-state index contributed by atoms with van der Waals surface area (Å²) in [4.78, 5) is 12.5. The van der Waals surface area contributed by atoms with Crippen molar-refractivity contribution < 1.29 is 18.7 Å². The minimum absolute atomic E-state index is 0.134. The number of benzene rings is 3. The van der Waals surface area contributed by atoms with Gasteiger partial charge in [0.1, 0.15) is 5.75 Å². The predicted octanol–water partition coefficient (Wildman–Crippen LogP) is 4.96. The van der Waals surface area contributed by atoms with Gasteiger partial charge in [-0.2, -0.15) is 0 Å². The minimum atomic E-state index is -0.585. The SMILES string of the molecule is COc1ccc(CNC(=O)CSc2nnc(C(C)Oc3ccccc3F)n2-c2ccccc2)cc1. The zero-order valence-electron chi connectivity index (χ0n) is 19.3. The third-order valence-corrected chi connectivity index (χ3v) is 6.09. The molecular weight excluding hydrogens is 467 g/mol. The van der Waals surface area contributed by atoms with Gasteiger partial charge in [-0.15, -0.1) is 10.2 Å². The first-order chi connectivity index (χ1) is 17.0. The van der Waals surface area contributed by atoms with Crippen LogP contribution in [-0.4, -0.2) is 33.5 Å². The number of para-hydroxylation sites is 2. The maximum absolute atomic E-state index is 14.1. The molecule has 1 amide bonds. The molecule has 35 heavy (non-hydrogen) atoms. The van der Waals surface area contributed by atoms with Crippen LogP contribution in [0.3, 0.4) is 0 Å². The Kier molecular flexibility index (Phi) is 7.99. The van der Waals surface area contributed by atoms with E-state index in [0.29, 0.717) is 17.5 Å². The average molecular weight is 493 g/mol. The Labute approximate surface area is 207 Å². The standard InChI is InChI=1S/C26H25FN4O3S/c1-18(34-23-11-7-6-10-22(23)27)25-29-30-26(31(25)20-8-4-3-5-9-20)35-17-24(32)28-16-19-12-14-21(33-2)15-13-19/h3-15,18H,16-17H2,1-2H3,(H,28,32). The van der Waals surface area contributed by atoms with E-state index in [2.05, 4.69) is 15.5 Å². The molecule has 0 radical (unpaired) electrons. The van der Waals surface area contributed by atoms with Crippen LogP contribution < -0.4 is 14.8 Å². The summed E-state index contributed by atoms with van der Waals surface area (Å²) >= 11 is 1.27. The molecule has 0 fully saturated rings. The summed E-state index contributed by atoms with van der Waals surface area (Å²) in [7, 11) is 1.61. The van der Waals surface area contributed by atoms with E-state index in [0.717, 1.165) is 17.0 Å². The molecule has 4 aromatic rings. The molecular formula is C26H25FN4O3S. The van der Waals surface area contributed by atoms with Crippen molar-refractivity contribution in [2.45, 2.75) is 24.7 Å². The third kappa shape index (κ3) is 6.19. The number of nitrogens with zero attached hydrogens (tertiary/aromatic N) is 3. The molecule has 9 heteroatoms. The average Bonchev–Trinajstić information content (AvgIpc) is 3.32. The fourth-order valence-electron chi connectivity index (χ4n) is 3.37. The zero-order chi connectivity index (χ0) is 24.6. The molecule has 0 aliphatic carbocycles. The number of carbonyl (C=O) groups is 1. The fraction of sp³-hybridized carbons (Fsp3) is 0.192. The first-order valence-corrected chi connectivity index (χ1v) is 12.0. The van der Waals surface area contributed by atoms with E-state index in [4.69, 9.17) is 9.47 Å². The number of methoxy groups -OCH3 is 1. The van der Waals surface area contributed by atoms with Crippen molar-refractivity contribution in [2.75, 3.05) is 12.9 Å². The van der Waals surface area contributed by atoms with E-state index >= 15 is 0 Å². The lowest BCUT2D eigenvalue weighted by Gasteiger charge is -2.17. The third-order valence-electron chi connectivity index (χ3n) is 5.16. The smallest absolute Gasteiger partial charge is 0.230 e. The molecule has 0 saturated heterocycles. The number of nitrogens with one attached hydrogen (secondary N) is 1. The van der Waals surface area contributed by atoms with Crippen LogP contribution in [-0.2, 0) is 11.3 Å². The molecule has 0 aliphatic rings. The van der Waals surface area contributed by atoms with Gasteiger partial charge in [0.05, 0.1) is 12.9 Å². The second-order valence-electron chi connectivity index (χ2n) is 7.62. The van der Waals surface area contributed by atoms with Crippen LogP contribution in [0.15, 0.2) is 84.0 Å². The Morgan fingerprint density at radius 2 is 1.74 bits per heavy atom. The summed E-state index contributed by atoms with van der Waals surface area (Å²) < 4.78 is 26.9. The summed E-state index contributed by atoms with van der Waals surface area (Å²) in [5.41, 5.74) is 1.79. The van der Waals surface area contributed by atoms with E-state index in [1.807, 2.05) is 59.2 Å². The topological polar surface area (TPSA) is 78.3 Å². The Morgan fingerprint density at radius 3 is 2.46 bits per heavy atom. The van der Waals surface area contributed by atoms with Gasteiger partial charge in [-0.3, -0.25) is 9.36 Å². The highest BCUT2D eigenvalue weighted by molar-refractivity contribution is 7.99. The number of amides is 1. The lowest BCUT2D eigenvalue weighted by Crippen LogP contribution is -2.24. The van der Waals surface area contributed by atoms with Crippen molar-refractivity contribution in [1.29, 1.82) is 0 Å². The van der Waals surface area contributed by atoms with Gasteiger partial charge in [-0.25, -0.2) is 4.39 Å². The summed E-state index contributed by atoms with van der Waals surface area (Å²) in [6, 6.07) is 23.3. The van der Waals surface area contributed by atoms with Gasteiger partial charge < -0.3 is 14.8 Å². The number of hydrogen-bond acceptors (Lipinski definition) is 6. The Balaban J connectivity index is 1.46. The first kappa shape index (κ1) is 24.3. The summed E-state index contributed by atoms with van der Waals surface area (Å²) in [6.45, 7) is 2.19. The summed E-state index contributed by atoms with van der Waals surface area (Å²) in [6.07, 6.45) is -0.585. The van der Waals surface area contributed by atoms with Crippen LogP contribution in [0.5, 0.6) is 11.5 Å². The monoisotopic (exact) mass is 492 g/mol. The van der Waals surface area contributed by atoms with E-state index < -0.39 is 11.9 Å². The van der Waals surface area contributed by atoms with E-state index in [1.54, 1.807) is 32.2 Å². The first-order valence-electron chi connectivity index (χ1n) is 11.0. The highest BCUT2D eigenvalue weighted by Crippen LogP contribution is 2.28. The van der Waals surface area contributed by atoms with Crippen LogP contribution in [0.2, 0.25) is 0 Å². The number of rotatable bonds is 10. The molecule has 1 unspecified atom stereocenters. The predicted molar refractivity (Wildman–Crippen MR) is 132 cm³/mol. The summed E-state index contributed by atoms with van der Waals surface area (Å²) in [5, 5.41) is 12.0. The quantitative estimate of drug-likeness (QED) is 0.315. The molecule has 0 aliphatic heterocycles. The zero-order valence-corrected chi connectivity index (χ0v) is 20.2. The molecule has 1 heterocycles. The molecule has 1 N–H and O–H groups in total. The molecule has 7 nitrogen and oxygen atoms in total. The number of halogens is 1. The number of hydrogen-bond donors (Lipinski definition) is 1. The maximum Gasteiger partial charge on any atom is 0.230 e. The number of thioether (sulfide) groups is 1. The molecule has 3 aromatic carbocycles. The van der Waals surface area contributed by atoms with Gasteiger partial charge in [-0.1, -0.05) is 54.2 Å². The normalized spacial score (nSPS) is 11.6. The van der Waals surface area contributed by atoms with Crippen molar-refractivity contribution in [2.24, 2.45) is 0 Å². The van der Waals surface area contributed by atoms with E-state index in [9.17, 15) is 9.18 Å². The lowest BCUT2D eigenvalue weighted by molar-refractivity contribution is -0.118. The number of aromatic nitrogens is 3. The Morgan fingerprint density at radius 1 is 1.03 bits per heavy atom. The van der Waals surface area contributed by atoms with Crippen LogP contribution in [0.4, 0.5) is 4.39 Å². The second kappa shape index (κ2) is 11.5. The van der Waals surface area contributed by atoms with Gasteiger partial charge in [-0.05, 0) is 48.9 Å². The highest BCUT2D eigenvalue weighted by atomic mass is 32.2. The highest BCUT2D eigenvalue weighted by Gasteiger charge is 2.22. The van der Waals surface area contributed by atoms with Gasteiger partial charge in [0.2, 0.25) is 5.91 Å². The molecule has 0 saturated carbocycles. The maximum atomic E-state index is 14.1. The summed E-state index contributed by atoms with van der Waals surface area (Å²) in [5.74, 6) is 0.970. The van der Waals surface area contributed by atoms with E-state index in [-0.39, 0.29) is 17.4 Å². The fourth-order valence-corrected chi connectivity index (χ4v) is 4.16. The molecule has 4 rings (SSSR count). The van der Waals surface area contributed by atoms with Gasteiger partial charge >= 0.3 is 0 Å². The minimum Gasteiger partial charge on any atom is -0.497 e. The van der Waals surface area contributed by atoms with Crippen LogP contribution in [0.25, 0.3) is 5.69 Å². The Hall–Kier alpha value is -3.85. The van der Waals surface area contributed by atoms with Crippen LogP contribution in [0.1, 0.15) is 24.4 Å². The molecule has 0 bridgehead atoms. The van der Waals surface area contributed by atoms with Crippen molar-refractivity contribution in [3.63, 3.8) is 0 Å². The van der Waals surface area contributed by atoms with Crippen LogP contribution >= 0.6 is 11.8 Å². The second-order valence-corrected chi connectivity index (χ2v) is 8.56. The molecule has 1 aromatic heterocycles. The largest absolute Gasteiger partial charge is 0.497 e. The van der Waals surface area contributed by atoms with Crippen molar-refractivity contribution in [3.8, 4) is 17.2 Å². The molecule has 180 valence electrons. The van der Waals surface area contributed by atoms with E-state index in [1.165, 1.54) is 17.8 Å².